The van der Waals surface area contributed by atoms with Gasteiger partial charge >= 0.3 is 5.97 Å². The van der Waals surface area contributed by atoms with E-state index in [1.165, 1.54) is 36.3 Å². The number of likely N-dealkylation sites (N-methyl/N-ethyl adjacent to an activating group) is 1. The summed E-state index contributed by atoms with van der Waals surface area (Å²) >= 11 is 0. The van der Waals surface area contributed by atoms with Crippen molar-refractivity contribution >= 4 is 17.8 Å². The molecule has 0 heterocycles. The van der Waals surface area contributed by atoms with Gasteiger partial charge in [0.05, 0.1) is 6.54 Å². The van der Waals surface area contributed by atoms with Crippen LogP contribution >= 0.6 is 0 Å². The van der Waals surface area contributed by atoms with Crippen LogP contribution in [0.25, 0.3) is 0 Å². The zero-order valence-corrected chi connectivity index (χ0v) is 16.9. The average Bonchev–Trinajstić information content (AvgIpc) is 3.33. The van der Waals surface area contributed by atoms with Gasteiger partial charge in [-0.25, -0.2) is 4.39 Å². The number of hydrogen-bond acceptors (Lipinski definition) is 4. The molecule has 0 aromatic heterocycles. The van der Waals surface area contributed by atoms with E-state index in [1.54, 1.807) is 19.1 Å². The normalized spacial score (nSPS) is 22.3. The first-order valence-electron chi connectivity index (χ1n) is 10.4. The lowest BCUT2D eigenvalue weighted by atomic mass is 9.86. The second kappa shape index (κ2) is 9.85. The zero-order chi connectivity index (χ0) is 20.8. The summed E-state index contributed by atoms with van der Waals surface area (Å²) in [5, 5.41) is 2.70. The topological polar surface area (TPSA) is 75.7 Å². The van der Waals surface area contributed by atoms with Crippen LogP contribution < -0.4 is 5.32 Å². The predicted molar refractivity (Wildman–Crippen MR) is 105 cm³/mol. The molecule has 0 unspecified atom stereocenters. The highest BCUT2D eigenvalue weighted by atomic mass is 19.1. The number of halogens is 1. The quantitative estimate of drug-likeness (QED) is 0.642. The molecule has 0 aliphatic heterocycles. The van der Waals surface area contributed by atoms with Gasteiger partial charge in [0.2, 0.25) is 5.91 Å². The standard InChI is InChI=1S/C22H29FN2O4/c1-2-25(13-20(26)24-12-15-4-7-19(23)8-5-15)21(27)14-29-22(28)11-18-10-16-3-6-17(18)9-16/h4-5,7-8,16-18H,2-3,6,9-14H2,1H3,(H,24,26)/t16-,17-,18+/m1/s1. The molecule has 158 valence electrons. The third-order valence-electron chi connectivity index (χ3n) is 6.14. The molecule has 0 saturated heterocycles. The SMILES string of the molecule is CCN(CC(=O)NCc1ccc(F)cc1)C(=O)COC(=O)C[C@@H]1C[C@@H]2CC[C@@H]1C2. The molecule has 1 N–H and O–H groups in total. The molecule has 2 aliphatic rings. The number of ether oxygens (including phenoxy) is 1. The van der Waals surface area contributed by atoms with Gasteiger partial charge in [0.15, 0.2) is 6.61 Å². The van der Waals surface area contributed by atoms with Gasteiger partial charge in [-0.15, -0.1) is 0 Å². The van der Waals surface area contributed by atoms with Gasteiger partial charge in [-0.3, -0.25) is 14.4 Å². The number of amides is 2. The van der Waals surface area contributed by atoms with Crippen molar-refractivity contribution < 1.29 is 23.5 Å². The minimum absolute atomic E-state index is 0.111. The Morgan fingerprint density at radius 3 is 2.55 bits per heavy atom. The summed E-state index contributed by atoms with van der Waals surface area (Å²) in [5.41, 5.74) is 0.767. The number of carbonyl (C=O) groups excluding carboxylic acids is 3. The largest absolute Gasteiger partial charge is 0.456 e. The molecular formula is C22H29FN2O4. The van der Waals surface area contributed by atoms with Crippen LogP contribution in [0, 0.1) is 23.6 Å². The molecule has 2 aliphatic carbocycles. The molecule has 0 spiro atoms. The first-order chi connectivity index (χ1) is 13.9. The number of hydrogen-bond donors (Lipinski definition) is 1. The van der Waals surface area contributed by atoms with E-state index < -0.39 is 0 Å². The Labute approximate surface area is 170 Å². The molecule has 6 nitrogen and oxygen atoms in total. The molecule has 7 heteroatoms. The van der Waals surface area contributed by atoms with E-state index in [-0.39, 0.29) is 43.3 Å². The van der Waals surface area contributed by atoms with Crippen molar-refractivity contribution in [3.63, 3.8) is 0 Å². The van der Waals surface area contributed by atoms with Crippen LogP contribution in [0.3, 0.4) is 0 Å². The maximum absolute atomic E-state index is 12.9. The molecule has 3 atom stereocenters. The summed E-state index contributed by atoms with van der Waals surface area (Å²) < 4.78 is 18.1. The van der Waals surface area contributed by atoms with Crippen molar-refractivity contribution in [2.45, 2.75) is 45.6 Å². The van der Waals surface area contributed by atoms with E-state index in [0.717, 1.165) is 17.9 Å². The number of carbonyl (C=O) groups is 3. The van der Waals surface area contributed by atoms with Gasteiger partial charge < -0.3 is 15.0 Å². The Balaban J connectivity index is 1.37. The van der Waals surface area contributed by atoms with Crippen molar-refractivity contribution in [1.82, 2.24) is 10.2 Å². The number of benzene rings is 1. The average molecular weight is 404 g/mol. The number of esters is 1. The summed E-state index contributed by atoms with van der Waals surface area (Å²) in [7, 11) is 0. The lowest BCUT2D eigenvalue weighted by molar-refractivity contribution is -0.153. The summed E-state index contributed by atoms with van der Waals surface area (Å²) in [6, 6.07) is 5.84. The number of nitrogens with zero attached hydrogens (tertiary/aromatic N) is 1. The maximum Gasteiger partial charge on any atom is 0.306 e. The fraction of sp³-hybridized carbons (Fsp3) is 0.591. The number of fused-ring (bicyclic) bond motifs is 2. The van der Waals surface area contributed by atoms with E-state index in [2.05, 4.69) is 5.32 Å². The third kappa shape index (κ3) is 6.02. The first kappa shape index (κ1) is 21.3. The lowest BCUT2D eigenvalue weighted by Gasteiger charge is -2.22. The Hall–Kier alpha value is -2.44. The lowest BCUT2D eigenvalue weighted by Crippen LogP contribution is -2.42. The van der Waals surface area contributed by atoms with Crippen LogP contribution in [0.2, 0.25) is 0 Å². The zero-order valence-electron chi connectivity index (χ0n) is 16.9. The second-order valence-corrected chi connectivity index (χ2v) is 8.11. The second-order valence-electron chi connectivity index (χ2n) is 8.11. The number of rotatable bonds is 9. The van der Waals surface area contributed by atoms with Crippen molar-refractivity contribution in [3.05, 3.63) is 35.6 Å². The summed E-state index contributed by atoms with van der Waals surface area (Å²) in [4.78, 5) is 37.9. The molecule has 2 fully saturated rings. The van der Waals surface area contributed by atoms with Gasteiger partial charge in [-0.1, -0.05) is 18.6 Å². The Morgan fingerprint density at radius 2 is 1.93 bits per heavy atom. The summed E-state index contributed by atoms with van der Waals surface area (Å²) in [5.74, 6) is 0.439. The highest BCUT2D eigenvalue weighted by Crippen LogP contribution is 2.49. The van der Waals surface area contributed by atoms with Crippen molar-refractivity contribution in [2.24, 2.45) is 17.8 Å². The molecule has 2 amide bonds. The number of nitrogens with one attached hydrogen (secondary N) is 1. The molecule has 1 aromatic rings. The van der Waals surface area contributed by atoms with Gasteiger partial charge in [-0.05, 0) is 61.6 Å². The minimum Gasteiger partial charge on any atom is -0.456 e. The Kier molecular flexibility index (Phi) is 7.23. The molecular weight excluding hydrogens is 375 g/mol. The Bertz CT molecular complexity index is 737. The van der Waals surface area contributed by atoms with Crippen LogP contribution in [0.15, 0.2) is 24.3 Å². The van der Waals surface area contributed by atoms with Crippen LogP contribution in [-0.4, -0.2) is 42.4 Å². The van der Waals surface area contributed by atoms with E-state index in [9.17, 15) is 18.8 Å². The summed E-state index contributed by atoms with van der Waals surface area (Å²) in [6.45, 7) is 1.91. The minimum atomic E-state index is -0.384. The van der Waals surface area contributed by atoms with Gasteiger partial charge in [0.25, 0.3) is 5.91 Å². The predicted octanol–water partition coefficient (Wildman–Crippen LogP) is 2.66. The Morgan fingerprint density at radius 1 is 1.17 bits per heavy atom. The highest BCUT2D eigenvalue weighted by molar-refractivity contribution is 5.86. The first-order valence-corrected chi connectivity index (χ1v) is 10.4. The summed E-state index contributed by atoms with van der Waals surface area (Å²) in [6.07, 6.45) is 5.21. The van der Waals surface area contributed by atoms with E-state index >= 15 is 0 Å². The molecule has 1 aromatic carbocycles. The highest BCUT2D eigenvalue weighted by Gasteiger charge is 2.40. The van der Waals surface area contributed by atoms with Crippen molar-refractivity contribution in [3.8, 4) is 0 Å². The van der Waals surface area contributed by atoms with E-state index in [4.69, 9.17) is 4.74 Å². The van der Waals surface area contributed by atoms with Crippen molar-refractivity contribution in [1.29, 1.82) is 0 Å². The van der Waals surface area contributed by atoms with Crippen LogP contribution in [0.5, 0.6) is 0 Å². The smallest absolute Gasteiger partial charge is 0.306 e. The van der Waals surface area contributed by atoms with Crippen LogP contribution in [0.1, 0.15) is 44.6 Å². The molecule has 2 bridgehead atoms. The van der Waals surface area contributed by atoms with Gasteiger partial charge in [0.1, 0.15) is 5.82 Å². The molecule has 3 rings (SSSR count). The third-order valence-corrected chi connectivity index (χ3v) is 6.14. The van der Waals surface area contributed by atoms with Gasteiger partial charge in [0, 0.05) is 19.5 Å². The van der Waals surface area contributed by atoms with Crippen LogP contribution in [-0.2, 0) is 25.7 Å². The maximum atomic E-state index is 12.9. The van der Waals surface area contributed by atoms with E-state index in [1.807, 2.05) is 0 Å². The van der Waals surface area contributed by atoms with Crippen LogP contribution in [0.4, 0.5) is 4.39 Å². The van der Waals surface area contributed by atoms with Gasteiger partial charge in [-0.2, -0.15) is 0 Å². The molecule has 29 heavy (non-hydrogen) atoms. The molecule has 0 radical (unpaired) electrons. The monoisotopic (exact) mass is 404 g/mol. The van der Waals surface area contributed by atoms with E-state index in [0.29, 0.717) is 24.8 Å². The fourth-order valence-corrected chi connectivity index (χ4v) is 4.54. The fourth-order valence-electron chi connectivity index (χ4n) is 4.54. The molecule has 2 saturated carbocycles. The van der Waals surface area contributed by atoms with Crippen molar-refractivity contribution in [2.75, 3.05) is 19.7 Å².